The number of carboxylic acid groups (broad SMARTS) is 1. The number of rotatable bonds is 2. The zero-order valence-electron chi connectivity index (χ0n) is 13.8. The van der Waals surface area contributed by atoms with Crippen molar-refractivity contribution in [2.45, 2.75) is 25.4 Å². The van der Waals surface area contributed by atoms with Gasteiger partial charge >= 0.3 is 5.97 Å². The minimum absolute atomic E-state index is 0.118. The van der Waals surface area contributed by atoms with E-state index in [1.165, 1.54) is 5.56 Å². The Labute approximate surface area is 140 Å². The van der Waals surface area contributed by atoms with E-state index in [-0.39, 0.29) is 6.04 Å². The van der Waals surface area contributed by atoms with E-state index in [9.17, 15) is 9.90 Å². The summed E-state index contributed by atoms with van der Waals surface area (Å²) in [5.74, 6) is -0.800. The summed E-state index contributed by atoms with van der Waals surface area (Å²) in [5.41, 5.74) is 5.75. The van der Waals surface area contributed by atoms with Crippen LogP contribution in [0.3, 0.4) is 0 Å². The lowest BCUT2D eigenvalue weighted by Gasteiger charge is -2.31. The van der Waals surface area contributed by atoms with Gasteiger partial charge in [0.05, 0.1) is 6.04 Å². The maximum atomic E-state index is 11.7. The Kier molecular flexibility index (Phi) is 3.43. The van der Waals surface area contributed by atoms with Crippen molar-refractivity contribution in [1.82, 2.24) is 9.88 Å². The van der Waals surface area contributed by atoms with E-state index in [2.05, 4.69) is 60.3 Å². The minimum Gasteiger partial charge on any atom is -0.480 e. The van der Waals surface area contributed by atoms with Crippen LogP contribution in [0, 0.1) is 6.92 Å². The molecule has 1 aliphatic rings. The summed E-state index contributed by atoms with van der Waals surface area (Å²) in [7, 11) is 2.06. The summed E-state index contributed by atoms with van der Waals surface area (Å²) in [6.45, 7) is 2.06. The molecule has 0 spiro atoms. The van der Waals surface area contributed by atoms with Crippen molar-refractivity contribution < 1.29 is 9.90 Å². The van der Waals surface area contributed by atoms with Crippen LogP contribution in [0.25, 0.3) is 10.9 Å². The lowest BCUT2D eigenvalue weighted by Crippen LogP contribution is -2.45. The van der Waals surface area contributed by atoms with Crippen LogP contribution in [0.4, 0.5) is 0 Å². The molecule has 2 heterocycles. The van der Waals surface area contributed by atoms with Crippen LogP contribution in [0.15, 0.2) is 48.5 Å². The van der Waals surface area contributed by atoms with E-state index in [0.717, 1.165) is 27.7 Å². The fourth-order valence-corrected chi connectivity index (χ4v) is 3.79. The van der Waals surface area contributed by atoms with Crippen molar-refractivity contribution >= 4 is 16.9 Å². The lowest BCUT2D eigenvalue weighted by molar-refractivity contribution is -0.139. The number of aromatic nitrogens is 1. The van der Waals surface area contributed by atoms with Gasteiger partial charge in [0.1, 0.15) is 6.04 Å². The summed E-state index contributed by atoms with van der Waals surface area (Å²) < 4.78 is 2.19. The van der Waals surface area contributed by atoms with E-state index in [0.29, 0.717) is 6.42 Å². The Morgan fingerprint density at radius 2 is 1.88 bits per heavy atom. The zero-order valence-corrected chi connectivity index (χ0v) is 13.8. The summed E-state index contributed by atoms with van der Waals surface area (Å²) in [5, 5.41) is 14.1. The molecule has 1 aliphatic heterocycles. The maximum Gasteiger partial charge on any atom is 0.321 e. The lowest BCUT2D eigenvalue weighted by atomic mass is 9.90. The van der Waals surface area contributed by atoms with Gasteiger partial charge in [0.15, 0.2) is 0 Å². The van der Waals surface area contributed by atoms with E-state index in [1.54, 1.807) is 0 Å². The number of aliphatic carboxylic acids is 1. The predicted molar refractivity (Wildman–Crippen MR) is 94.2 cm³/mol. The second kappa shape index (κ2) is 5.49. The van der Waals surface area contributed by atoms with Crippen molar-refractivity contribution in [1.29, 1.82) is 0 Å². The molecule has 2 aromatic carbocycles. The zero-order chi connectivity index (χ0) is 16.8. The third kappa shape index (κ3) is 2.22. The number of nitrogens with one attached hydrogen (secondary N) is 1. The van der Waals surface area contributed by atoms with E-state index in [1.807, 2.05) is 12.1 Å². The number of hydrogen-bond acceptors (Lipinski definition) is 2. The highest BCUT2D eigenvalue weighted by Crippen LogP contribution is 2.37. The first-order valence-electron chi connectivity index (χ1n) is 8.18. The highest BCUT2D eigenvalue weighted by atomic mass is 16.4. The normalized spacial score (nSPS) is 20.1. The Hall–Kier alpha value is -2.59. The molecule has 122 valence electrons. The van der Waals surface area contributed by atoms with Crippen LogP contribution in [0.1, 0.15) is 28.4 Å². The van der Waals surface area contributed by atoms with Gasteiger partial charge in [-0.25, -0.2) is 0 Å². The number of aryl methyl sites for hydroxylation is 2. The van der Waals surface area contributed by atoms with Crippen molar-refractivity contribution in [3.05, 3.63) is 70.9 Å². The average Bonchev–Trinajstić information content (AvgIpc) is 2.88. The van der Waals surface area contributed by atoms with Crippen LogP contribution >= 0.6 is 0 Å². The van der Waals surface area contributed by atoms with Gasteiger partial charge in [0.25, 0.3) is 0 Å². The molecule has 2 N–H and O–H groups in total. The fourth-order valence-electron chi connectivity index (χ4n) is 3.79. The average molecular weight is 320 g/mol. The SMILES string of the molecule is Cc1ccc(C2NC(C(=O)O)Cc3c2n(C)c2ccccc32)cc1. The molecular weight excluding hydrogens is 300 g/mol. The van der Waals surface area contributed by atoms with Crippen molar-refractivity contribution in [3.8, 4) is 0 Å². The number of nitrogens with zero attached hydrogens (tertiary/aromatic N) is 1. The summed E-state index contributed by atoms with van der Waals surface area (Å²) in [4.78, 5) is 11.7. The van der Waals surface area contributed by atoms with Crippen LogP contribution in [0.2, 0.25) is 0 Å². The van der Waals surface area contributed by atoms with Gasteiger partial charge in [-0.05, 0) is 24.1 Å². The molecule has 0 amide bonds. The van der Waals surface area contributed by atoms with Gasteiger partial charge < -0.3 is 9.67 Å². The second-order valence-corrected chi connectivity index (χ2v) is 6.55. The number of benzene rings is 2. The maximum absolute atomic E-state index is 11.7. The first-order valence-corrected chi connectivity index (χ1v) is 8.18. The molecule has 4 nitrogen and oxygen atoms in total. The fraction of sp³-hybridized carbons (Fsp3) is 0.250. The molecule has 1 aromatic heterocycles. The highest BCUT2D eigenvalue weighted by molar-refractivity contribution is 5.87. The molecule has 0 saturated heterocycles. The van der Waals surface area contributed by atoms with Gasteiger partial charge in [0.2, 0.25) is 0 Å². The smallest absolute Gasteiger partial charge is 0.321 e. The topological polar surface area (TPSA) is 54.3 Å². The third-order valence-corrected chi connectivity index (χ3v) is 5.02. The molecule has 0 bridgehead atoms. The molecule has 24 heavy (non-hydrogen) atoms. The Bertz CT molecular complexity index is 925. The first kappa shape index (κ1) is 15.0. The van der Waals surface area contributed by atoms with Gasteiger partial charge in [-0.3, -0.25) is 10.1 Å². The van der Waals surface area contributed by atoms with Gasteiger partial charge in [-0.1, -0.05) is 48.0 Å². The number of hydrogen-bond donors (Lipinski definition) is 2. The van der Waals surface area contributed by atoms with Crippen LogP contribution in [-0.2, 0) is 18.3 Å². The first-order chi connectivity index (χ1) is 11.6. The van der Waals surface area contributed by atoms with Crippen LogP contribution < -0.4 is 5.32 Å². The Morgan fingerprint density at radius 1 is 1.17 bits per heavy atom. The molecule has 4 heteroatoms. The molecule has 2 unspecified atom stereocenters. The number of para-hydroxylation sites is 1. The van der Waals surface area contributed by atoms with Gasteiger partial charge in [-0.2, -0.15) is 0 Å². The summed E-state index contributed by atoms with van der Waals surface area (Å²) in [6, 6.07) is 15.8. The largest absolute Gasteiger partial charge is 0.480 e. The third-order valence-electron chi connectivity index (χ3n) is 5.02. The quantitative estimate of drug-likeness (QED) is 0.762. The van der Waals surface area contributed by atoms with Crippen LogP contribution in [0.5, 0.6) is 0 Å². The van der Waals surface area contributed by atoms with E-state index >= 15 is 0 Å². The molecule has 3 aromatic rings. The molecule has 0 radical (unpaired) electrons. The molecule has 2 atom stereocenters. The molecule has 0 saturated carbocycles. The van der Waals surface area contributed by atoms with E-state index < -0.39 is 12.0 Å². The number of fused-ring (bicyclic) bond motifs is 3. The Morgan fingerprint density at radius 3 is 2.58 bits per heavy atom. The standard InChI is InChI=1S/C20H20N2O2/c1-12-7-9-13(10-8-12)18-19-15(11-16(21-18)20(23)24)14-5-3-4-6-17(14)22(19)2/h3-10,16,18,21H,11H2,1-2H3,(H,23,24). The predicted octanol–water partition coefficient (Wildman–Crippen LogP) is 3.18. The van der Waals surface area contributed by atoms with Crippen LogP contribution in [-0.4, -0.2) is 21.7 Å². The number of carbonyl (C=O) groups is 1. The molecule has 0 aliphatic carbocycles. The molecule has 4 rings (SSSR count). The minimum atomic E-state index is -0.800. The monoisotopic (exact) mass is 320 g/mol. The number of carboxylic acids is 1. The highest BCUT2D eigenvalue weighted by Gasteiger charge is 2.34. The second-order valence-electron chi connectivity index (χ2n) is 6.55. The summed E-state index contributed by atoms with van der Waals surface area (Å²) in [6.07, 6.45) is 0.508. The molecule has 0 fully saturated rings. The van der Waals surface area contributed by atoms with Gasteiger partial charge in [0, 0.05) is 30.1 Å². The van der Waals surface area contributed by atoms with Crippen molar-refractivity contribution in [2.24, 2.45) is 7.05 Å². The summed E-state index contributed by atoms with van der Waals surface area (Å²) >= 11 is 0. The van der Waals surface area contributed by atoms with Crippen molar-refractivity contribution in [3.63, 3.8) is 0 Å². The van der Waals surface area contributed by atoms with E-state index in [4.69, 9.17) is 0 Å². The molecular formula is C20H20N2O2. The van der Waals surface area contributed by atoms with Crippen molar-refractivity contribution in [2.75, 3.05) is 0 Å². The van der Waals surface area contributed by atoms with Gasteiger partial charge in [-0.15, -0.1) is 0 Å². The Balaban J connectivity index is 1.95.